The number of carbonyl (C=O) groups is 1. The Hall–Kier alpha value is -1.36. The number of benzene rings is 1. The standard InChI is InChI=1S/C13H15BrN2O2/c1-8-6-9(14)7-10-13(8)16-11(15-10)4-2-3-5-12(17)18/h6-7H,2-5H2,1H3,(H,15,16)(H,17,18). The van der Waals surface area contributed by atoms with Gasteiger partial charge in [-0.05, 0) is 37.5 Å². The summed E-state index contributed by atoms with van der Waals surface area (Å²) in [4.78, 5) is 18.2. The van der Waals surface area contributed by atoms with E-state index in [1.165, 1.54) is 0 Å². The summed E-state index contributed by atoms with van der Waals surface area (Å²) in [6.07, 6.45) is 2.55. The predicted octanol–water partition coefficient (Wildman–Crippen LogP) is 3.43. The number of aryl methyl sites for hydroxylation is 2. The first-order valence-electron chi connectivity index (χ1n) is 5.93. The van der Waals surface area contributed by atoms with Crippen molar-refractivity contribution in [2.75, 3.05) is 0 Å². The molecule has 2 rings (SSSR count). The first kappa shape index (κ1) is 13.1. The highest BCUT2D eigenvalue weighted by molar-refractivity contribution is 9.10. The molecule has 18 heavy (non-hydrogen) atoms. The molecule has 0 fully saturated rings. The van der Waals surface area contributed by atoms with Crippen molar-refractivity contribution in [2.24, 2.45) is 0 Å². The molecule has 1 aromatic carbocycles. The zero-order valence-electron chi connectivity index (χ0n) is 10.2. The molecule has 0 unspecified atom stereocenters. The third-order valence-electron chi connectivity index (χ3n) is 2.85. The fourth-order valence-electron chi connectivity index (χ4n) is 1.98. The smallest absolute Gasteiger partial charge is 0.303 e. The third kappa shape index (κ3) is 3.10. The third-order valence-corrected chi connectivity index (χ3v) is 3.30. The lowest BCUT2D eigenvalue weighted by Gasteiger charge is -1.95. The van der Waals surface area contributed by atoms with Crippen LogP contribution in [0.15, 0.2) is 16.6 Å². The molecule has 0 aliphatic carbocycles. The number of nitrogens with one attached hydrogen (secondary N) is 1. The van der Waals surface area contributed by atoms with Crippen LogP contribution in [0.3, 0.4) is 0 Å². The molecule has 0 aliphatic heterocycles. The van der Waals surface area contributed by atoms with Gasteiger partial charge in [-0.25, -0.2) is 4.98 Å². The van der Waals surface area contributed by atoms with Crippen molar-refractivity contribution in [1.29, 1.82) is 0 Å². The first-order chi connectivity index (χ1) is 8.56. The topological polar surface area (TPSA) is 66.0 Å². The van der Waals surface area contributed by atoms with Crippen LogP contribution in [0, 0.1) is 6.92 Å². The Labute approximate surface area is 114 Å². The van der Waals surface area contributed by atoms with Gasteiger partial charge in [0.1, 0.15) is 5.82 Å². The lowest BCUT2D eigenvalue weighted by Crippen LogP contribution is -1.95. The molecule has 0 amide bonds. The lowest BCUT2D eigenvalue weighted by atomic mass is 10.2. The lowest BCUT2D eigenvalue weighted by molar-refractivity contribution is -0.137. The minimum Gasteiger partial charge on any atom is -0.481 e. The molecule has 0 bridgehead atoms. The van der Waals surface area contributed by atoms with Gasteiger partial charge in [-0.1, -0.05) is 15.9 Å². The van der Waals surface area contributed by atoms with Crippen LogP contribution in [0.5, 0.6) is 0 Å². The van der Waals surface area contributed by atoms with Gasteiger partial charge in [0.15, 0.2) is 0 Å². The highest BCUT2D eigenvalue weighted by Crippen LogP contribution is 2.22. The summed E-state index contributed by atoms with van der Waals surface area (Å²) in [6.45, 7) is 2.03. The number of unbranched alkanes of at least 4 members (excludes halogenated alkanes) is 1. The molecule has 1 aromatic heterocycles. The van der Waals surface area contributed by atoms with Gasteiger partial charge >= 0.3 is 5.97 Å². The Morgan fingerprint density at radius 2 is 2.22 bits per heavy atom. The largest absolute Gasteiger partial charge is 0.481 e. The van der Waals surface area contributed by atoms with Gasteiger partial charge in [-0.15, -0.1) is 0 Å². The normalized spacial score (nSPS) is 11.0. The molecule has 4 nitrogen and oxygen atoms in total. The first-order valence-corrected chi connectivity index (χ1v) is 6.72. The molecular formula is C13H15BrN2O2. The average Bonchev–Trinajstić information content (AvgIpc) is 2.67. The van der Waals surface area contributed by atoms with E-state index in [1.54, 1.807) is 0 Å². The second kappa shape index (κ2) is 5.52. The highest BCUT2D eigenvalue weighted by Gasteiger charge is 2.06. The monoisotopic (exact) mass is 310 g/mol. The van der Waals surface area contributed by atoms with Gasteiger partial charge in [-0.2, -0.15) is 0 Å². The maximum atomic E-state index is 10.4. The molecular weight excluding hydrogens is 296 g/mol. The van der Waals surface area contributed by atoms with Crippen LogP contribution < -0.4 is 0 Å². The summed E-state index contributed by atoms with van der Waals surface area (Å²) in [5.74, 6) is 0.191. The zero-order valence-corrected chi connectivity index (χ0v) is 11.7. The van der Waals surface area contributed by atoms with Crippen molar-refractivity contribution in [3.63, 3.8) is 0 Å². The van der Waals surface area contributed by atoms with E-state index in [0.717, 1.165) is 39.7 Å². The van der Waals surface area contributed by atoms with E-state index in [-0.39, 0.29) is 6.42 Å². The second-order valence-electron chi connectivity index (χ2n) is 4.40. The Morgan fingerprint density at radius 1 is 1.44 bits per heavy atom. The zero-order chi connectivity index (χ0) is 13.1. The molecule has 0 spiro atoms. The van der Waals surface area contributed by atoms with Gasteiger partial charge in [-0.3, -0.25) is 4.79 Å². The van der Waals surface area contributed by atoms with E-state index >= 15 is 0 Å². The summed E-state index contributed by atoms with van der Waals surface area (Å²) in [5.41, 5.74) is 3.15. The summed E-state index contributed by atoms with van der Waals surface area (Å²) in [7, 11) is 0. The van der Waals surface area contributed by atoms with Crippen molar-refractivity contribution in [3.05, 3.63) is 28.0 Å². The molecule has 0 atom stereocenters. The molecule has 5 heteroatoms. The number of hydrogen-bond acceptors (Lipinski definition) is 2. The van der Waals surface area contributed by atoms with Gasteiger partial charge < -0.3 is 10.1 Å². The van der Waals surface area contributed by atoms with Gasteiger partial charge in [0.2, 0.25) is 0 Å². The highest BCUT2D eigenvalue weighted by atomic mass is 79.9. The summed E-state index contributed by atoms with van der Waals surface area (Å²) in [5, 5.41) is 8.56. The number of rotatable bonds is 5. The quantitative estimate of drug-likeness (QED) is 0.831. The summed E-state index contributed by atoms with van der Waals surface area (Å²) < 4.78 is 1.04. The summed E-state index contributed by atoms with van der Waals surface area (Å²) in [6, 6.07) is 4.05. The minimum atomic E-state index is -0.737. The van der Waals surface area contributed by atoms with E-state index in [1.807, 2.05) is 19.1 Å². The number of aromatic amines is 1. The molecule has 96 valence electrons. The molecule has 0 radical (unpaired) electrons. The van der Waals surface area contributed by atoms with Crippen LogP contribution in [0.1, 0.15) is 30.7 Å². The predicted molar refractivity (Wildman–Crippen MR) is 73.7 cm³/mol. The van der Waals surface area contributed by atoms with Crippen LogP contribution in [0.4, 0.5) is 0 Å². The maximum absolute atomic E-state index is 10.4. The van der Waals surface area contributed by atoms with Crippen molar-refractivity contribution < 1.29 is 9.90 Å². The van der Waals surface area contributed by atoms with Gasteiger partial charge in [0, 0.05) is 17.3 Å². The molecule has 2 N–H and O–H groups in total. The number of H-pyrrole nitrogens is 1. The van der Waals surface area contributed by atoms with Crippen LogP contribution >= 0.6 is 15.9 Å². The van der Waals surface area contributed by atoms with E-state index in [4.69, 9.17) is 5.11 Å². The van der Waals surface area contributed by atoms with Gasteiger partial charge in [0.05, 0.1) is 11.0 Å². The number of carboxylic acids is 1. The van der Waals surface area contributed by atoms with Gasteiger partial charge in [0.25, 0.3) is 0 Å². The maximum Gasteiger partial charge on any atom is 0.303 e. The van der Waals surface area contributed by atoms with Crippen LogP contribution in [-0.2, 0) is 11.2 Å². The number of imidazole rings is 1. The SMILES string of the molecule is Cc1cc(Br)cc2[nH]c(CCCCC(=O)O)nc12. The minimum absolute atomic E-state index is 0.227. The Kier molecular flexibility index (Phi) is 4.01. The molecule has 0 aliphatic rings. The van der Waals surface area contributed by atoms with E-state index < -0.39 is 5.97 Å². The number of hydrogen-bond donors (Lipinski definition) is 2. The van der Waals surface area contributed by atoms with E-state index in [9.17, 15) is 4.79 Å². The number of nitrogens with zero attached hydrogens (tertiary/aromatic N) is 1. The van der Waals surface area contributed by atoms with Crippen molar-refractivity contribution >= 4 is 32.9 Å². The fraction of sp³-hybridized carbons (Fsp3) is 0.385. The number of aliphatic carboxylic acids is 1. The average molecular weight is 311 g/mol. The second-order valence-corrected chi connectivity index (χ2v) is 5.32. The Balaban J connectivity index is 2.06. The van der Waals surface area contributed by atoms with Crippen LogP contribution in [-0.4, -0.2) is 21.0 Å². The van der Waals surface area contributed by atoms with Crippen molar-refractivity contribution in [2.45, 2.75) is 32.6 Å². The number of aromatic nitrogens is 2. The fourth-order valence-corrected chi connectivity index (χ4v) is 2.56. The summed E-state index contributed by atoms with van der Waals surface area (Å²) >= 11 is 3.46. The number of fused-ring (bicyclic) bond motifs is 1. The number of carboxylic acid groups (broad SMARTS) is 1. The van der Waals surface area contributed by atoms with Crippen LogP contribution in [0.25, 0.3) is 11.0 Å². The van der Waals surface area contributed by atoms with Crippen molar-refractivity contribution in [1.82, 2.24) is 9.97 Å². The molecule has 0 saturated carbocycles. The number of halogens is 1. The molecule has 0 saturated heterocycles. The Morgan fingerprint density at radius 3 is 2.94 bits per heavy atom. The van der Waals surface area contributed by atoms with Crippen molar-refractivity contribution in [3.8, 4) is 0 Å². The van der Waals surface area contributed by atoms with E-state index in [2.05, 4.69) is 25.9 Å². The van der Waals surface area contributed by atoms with E-state index in [0.29, 0.717) is 6.42 Å². The Bertz CT molecular complexity index is 578. The molecule has 2 aromatic rings. The van der Waals surface area contributed by atoms with Crippen LogP contribution in [0.2, 0.25) is 0 Å². The molecule has 1 heterocycles.